The Morgan fingerprint density at radius 1 is 0.212 bits per heavy atom. The average Bonchev–Trinajstić information content (AvgIpc) is 1.55. The standard InChI is InChI=1S/2C52H30N6O/c53-31-35-28-34(52-55-50(32-14-4-1-5-15-32)54-51(56-52)33-16-6-2-7-17-33)24-26-42(35)58-44-23-13-11-21-39(44)48-45(58)27-25-38-41-29-46-40(30-47(41)59-49(38)48)37-20-10-12-22-43(37)57(46)36-18-8-3-9-19-36;53-31-35-28-34(52-55-50(32-14-4-1-5-15-32)54-51(56-52)33-16-6-2-7-17-33)24-26-42(35)58-44-23-13-11-21-39(44)48-45(58)27-25-38-41-29-40-37-20-10-12-22-43(37)57(36-18-8-3-9-19-36)46(40)30-47(41)59-49(38)48/h2*1-30H. The Balaban J connectivity index is 0.000000138. The van der Waals surface area contributed by atoms with E-state index in [-0.39, 0.29) is 0 Å². The predicted octanol–water partition coefficient (Wildman–Crippen LogP) is 25.7. The molecule has 0 saturated carbocycles. The van der Waals surface area contributed by atoms with Crippen LogP contribution in [-0.2, 0) is 0 Å². The van der Waals surface area contributed by atoms with E-state index in [2.05, 4.69) is 212 Å². The van der Waals surface area contributed by atoms with Gasteiger partial charge in [-0.25, -0.2) is 29.9 Å². The zero-order valence-electron chi connectivity index (χ0n) is 62.8. The first-order valence-corrected chi connectivity index (χ1v) is 39.0. The summed E-state index contributed by atoms with van der Waals surface area (Å²) in [5.74, 6) is 3.25. The molecule has 0 spiro atoms. The summed E-state index contributed by atoms with van der Waals surface area (Å²) in [6.45, 7) is 0. The molecule has 8 heterocycles. The molecule has 548 valence electrons. The van der Waals surface area contributed by atoms with Gasteiger partial charge in [-0.1, -0.05) is 231 Å². The topological polar surface area (TPSA) is 171 Å². The van der Waals surface area contributed by atoms with E-state index in [9.17, 15) is 10.5 Å². The summed E-state index contributed by atoms with van der Waals surface area (Å²) in [6.07, 6.45) is 0. The Labute approximate surface area is 672 Å². The summed E-state index contributed by atoms with van der Waals surface area (Å²) >= 11 is 0. The highest BCUT2D eigenvalue weighted by Crippen LogP contribution is 2.47. The molecule has 0 amide bonds. The fraction of sp³-hybridized carbons (Fsp3) is 0. The van der Waals surface area contributed by atoms with Gasteiger partial charge < -0.3 is 27.1 Å². The number of hydrogen-bond acceptors (Lipinski definition) is 10. The molecule has 0 fully saturated rings. The minimum atomic E-state index is 0.493. The number of benzene rings is 16. The second-order valence-electron chi connectivity index (χ2n) is 29.5. The Hall–Kier alpha value is -16.7. The minimum Gasteiger partial charge on any atom is -0.455 e. The van der Waals surface area contributed by atoms with Crippen LogP contribution in [0.2, 0.25) is 0 Å². The van der Waals surface area contributed by atoms with Crippen molar-refractivity contribution < 1.29 is 8.83 Å². The SMILES string of the molecule is N#Cc1cc(-c2nc(-c3ccccc3)nc(-c3ccccc3)n2)ccc1-n1c2ccccc2c2c3oc4cc5c(cc4c3ccc21)c1ccccc1n5-c1ccccc1.N#Cc1cc(-c2nc(-c3ccccc3)nc(-c3ccccc3)n2)ccc1-n1c2ccccc2c2c3oc4cc5c6ccccc6n(-c6ccccc6)c5cc4c3ccc21. The molecule has 8 aromatic heterocycles. The molecule has 0 aliphatic rings. The van der Waals surface area contributed by atoms with Gasteiger partial charge in [0.1, 0.15) is 34.5 Å². The molecule has 0 N–H and O–H groups in total. The molecular formula is C104H60N12O2. The van der Waals surface area contributed by atoms with Crippen LogP contribution in [-0.4, -0.2) is 48.2 Å². The molecule has 0 unspecified atom stereocenters. The maximum Gasteiger partial charge on any atom is 0.164 e. The molecule has 24 aromatic rings. The quantitative estimate of drug-likeness (QED) is 0.128. The highest BCUT2D eigenvalue weighted by atomic mass is 16.3. The molecule has 16 aromatic carbocycles. The Kier molecular flexibility index (Phi) is 15.4. The number of aromatic nitrogens is 10. The van der Waals surface area contributed by atoms with Crippen molar-refractivity contribution in [1.29, 1.82) is 10.5 Å². The molecule has 0 atom stereocenters. The highest BCUT2D eigenvalue weighted by Gasteiger charge is 2.27. The first-order chi connectivity index (χ1) is 58.4. The maximum atomic E-state index is 10.8. The summed E-state index contributed by atoms with van der Waals surface area (Å²) in [5, 5.41) is 34.5. The smallest absolute Gasteiger partial charge is 0.164 e. The number of rotatable bonds is 10. The van der Waals surface area contributed by atoms with Crippen LogP contribution in [0.4, 0.5) is 0 Å². The van der Waals surface area contributed by atoms with Crippen LogP contribution in [0, 0.1) is 22.7 Å². The first kappa shape index (κ1) is 67.1. The molecular weight excluding hydrogens is 1450 g/mol. The van der Waals surface area contributed by atoms with Gasteiger partial charge in [0.2, 0.25) is 0 Å². The van der Waals surface area contributed by atoms with Gasteiger partial charge in [-0.15, -0.1) is 0 Å². The monoisotopic (exact) mass is 1510 g/mol. The zero-order chi connectivity index (χ0) is 78.1. The fourth-order valence-electron chi connectivity index (χ4n) is 17.5. The number of para-hydroxylation sites is 6. The minimum absolute atomic E-state index is 0.493. The molecule has 14 nitrogen and oxygen atoms in total. The zero-order valence-corrected chi connectivity index (χ0v) is 62.8. The fourth-order valence-corrected chi connectivity index (χ4v) is 17.5. The highest BCUT2D eigenvalue weighted by molar-refractivity contribution is 6.28. The van der Waals surface area contributed by atoms with Gasteiger partial charge in [0.15, 0.2) is 34.9 Å². The number of furan rings is 2. The predicted molar refractivity (Wildman–Crippen MR) is 474 cm³/mol. The van der Waals surface area contributed by atoms with E-state index >= 15 is 0 Å². The van der Waals surface area contributed by atoms with E-state index in [1.165, 1.54) is 16.2 Å². The summed E-state index contributed by atoms with van der Waals surface area (Å²) < 4.78 is 22.8. The Morgan fingerprint density at radius 3 is 0.915 bits per heavy atom. The van der Waals surface area contributed by atoms with Gasteiger partial charge in [0.25, 0.3) is 0 Å². The third kappa shape index (κ3) is 10.7. The molecule has 0 aliphatic heterocycles. The van der Waals surface area contributed by atoms with Crippen LogP contribution in [0.25, 0.3) is 222 Å². The maximum absolute atomic E-state index is 10.8. The van der Waals surface area contributed by atoms with Gasteiger partial charge in [-0.05, 0) is 127 Å². The third-order valence-electron chi connectivity index (χ3n) is 22.8. The lowest BCUT2D eigenvalue weighted by atomic mass is 10.1. The Morgan fingerprint density at radius 2 is 0.525 bits per heavy atom. The summed E-state index contributed by atoms with van der Waals surface area (Å²) in [5.41, 5.74) is 21.4. The van der Waals surface area contributed by atoms with Crippen LogP contribution in [0.3, 0.4) is 0 Å². The van der Waals surface area contributed by atoms with Crippen LogP contribution in [0.5, 0.6) is 0 Å². The van der Waals surface area contributed by atoms with Crippen LogP contribution in [0.15, 0.2) is 373 Å². The first-order valence-electron chi connectivity index (χ1n) is 39.0. The molecule has 14 heteroatoms. The summed E-state index contributed by atoms with van der Waals surface area (Å²) in [7, 11) is 0. The molecule has 0 saturated heterocycles. The molecule has 0 bridgehead atoms. The van der Waals surface area contributed by atoms with Gasteiger partial charge in [0.05, 0.1) is 77.4 Å². The van der Waals surface area contributed by atoms with E-state index in [0.717, 1.165) is 171 Å². The van der Waals surface area contributed by atoms with E-state index in [4.69, 9.17) is 38.7 Å². The van der Waals surface area contributed by atoms with E-state index in [0.29, 0.717) is 46.1 Å². The third-order valence-corrected chi connectivity index (χ3v) is 22.8. The van der Waals surface area contributed by atoms with Gasteiger partial charge >= 0.3 is 0 Å². The van der Waals surface area contributed by atoms with Gasteiger partial charge in [-0.3, -0.25) is 0 Å². The lowest BCUT2D eigenvalue weighted by Crippen LogP contribution is -2.02. The van der Waals surface area contributed by atoms with Gasteiger partial charge in [0, 0.05) is 105 Å². The lowest BCUT2D eigenvalue weighted by molar-refractivity contribution is 0.673. The summed E-state index contributed by atoms with van der Waals surface area (Å²) in [6, 6.07) is 129. The van der Waals surface area contributed by atoms with E-state index in [1.54, 1.807) is 0 Å². The van der Waals surface area contributed by atoms with Crippen molar-refractivity contribution in [3.05, 3.63) is 375 Å². The normalized spacial score (nSPS) is 11.7. The molecule has 0 aliphatic carbocycles. The summed E-state index contributed by atoms with van der Waals surface area (Å²) in [4.78, 5) is 29.4. The van der Waals surface area contributed by atoms with Crippen molar-refractivity contribution in [1.82, 2.24) is 48.2 Å². The second-order valence-corrected chi connectivity index (χ2v) is 29.5. The van der Waals surface area contributed by atoms with Crippen molar-refractivity contribution in [3.8, 4) is 103 Å². The molecule has 0 radical (unpaired) electrons. The van der Waals surface area contributed by atoms with Crippen molar-refractivity contribution in [2.75, 3.05) is 0 Å². The van der Waals surface area contributed by atoms with E-state index in [1.807, 2.05) is 182 Å². The molecule has 118 heavy (non-hydrogen) atoms. The van der Waals surface area contributed by atoms with Crippen LogP contribution >= 0.6 is 0 Å². The molecule has 24 rings (SSSR count). The van der Waals surface area contributed by atoms with Crippen molar-refractivity contribution in [2.24, 2.45) is 0 Å². The Bertz CT molecular complexity index is 7930. The van der Waals surface area contributed by atoms with Gasteiger partial charge in [-0.2, -0.15) is 10.5 Å². The van der Waals surface area contributed by atoms with Crippen molar-refractivity contribution >= 4 is 131 Å². The number of hydrogen-bond donors (Lipinski definition) is 0. The van der Waals surface area contributed by atoms with Crippen LogP contribution < -0.4 is 0 Å². The van der Waals surface area contributed by atoms with E-state index < -0.39 is 0 Å². The number of nitriles is 2. The number of fused-ring (bicyclic) bond motifs is 20. The average molecular weight is 1510 g/mol. The number of nitrogens with zero attached hydrogens (tertiary/aromatic N) is 12. The largest absolute Gasteiger partial charge is 0.455 e. The van der Waals surface area contributed by atoms with Crippen molar-refractivity contribution in [3.63, 3.8) is 0 Å². The van der Waals surface area contributed by atoms with Crippen LogP contribution in [0.1, 0.15) is 11.1 Å². The second kappa shape index (κ2) is 27.0. The lowest BCUT2D eigenvalue weighted by Gasteiger charge is -2.12. The van der Waals surface area contributed by atoms with Crippen molar-refractivity contribution in [2.45, 2.75) is 0 Å².